The van der Waals surface area contributed by atoms with Crippen LogP contribution in [0.15, 0.2) is 24.3 Å². The number of amides is 1. The van der Waals surface area contributed by atoms with Gasteiger partial charge in [0.15, 0.2) is 0 Å². The lowest BCUT2D eigenvalue weighted by atomic mass is 9.93. The fourth-order valence-electron chi connectivity index (χ4n) is 2.55. The first-order chi connectivity index (χ1) is 9.61. The number of carbonyl (C=O) groups is 1. The molecule has 110 valence electrons. The number of methoxy groups -OCH3 is 1. The van der Waals surface area contributed by atoms with Gasteiger partial charge in [0.05, 0.1) is 13.0 Å². The van der Waals surface area contributed by atoms with E-state index in [2.05, 4.69) is 17.6 Å². The summed E-state index contributed by atoms with van der Waals surface area (Å²) in [4.78, 5) is 12.4. The number of hydrogen-bond acceptors (Lipinski definition) is 3. The molecule has 1 amide bonds. The molecular formula is C16H24N2O2. The second-order valence-corrected chi connectivity index (χ2v) is 5.58. The molecule has 1 aromatic rings. The van der Waals surface area contributed by atoms with Gasteiger partial charge in [0.2, 0.25) is 5.91 Å². The molecule has 4 nitrogen and oxygen atoms in total. The molecule has 0 radical (unpaired) electrons. The van der Waals surface area contributed by atoms with Crippen LogP contribution in [0.4, 0.5) is 0 Å². The molecule has 0 aromatic heterocycles. The van der Waals surface area contributed by atoms with E-state index in [9.17, 15) is 4.79 Å². The van der Waals surface area contributed by atoms with Gasteiger partial charge in [-0.05, 0) is 43.5 Å². The van der Waals surface area contributed by atoms with Crippen LogP contribution in [0.3, 0.4) is 0 Å². The maximum atomic E-state index is 12.4. The smallest absolute Gasteiger partial charge is 0.227 e. The minimum Gasteiger partial charge on any atom is -0.497 e. The number of carbonyl (C=O) groups excluding carboxylic acids is 1. The normalized spacial score (nSPS) is 23.9. The van der Waals surface area contributed by atoms with Crippen molar-refractivity contribution in [2.75, 3.05) is 20.2 Å². The van der Waals surface area contributed by atoms with Crippen LogP contribution in [0, 0.1) is 5.92 Å². The Morgan fingerprint density at radius 2 is 2.30 bits per heavy atom. The number of hydrogen-bond donors (Lipinski definition) is 2. The topological polar surface area (TPSA) is 50.4 Å². The van der Waals surface area contributed by atoms with Gasteiger partial charge in [-0.25, -0.2) is 0 Å². The third kappa shape index (κ3) is 3.51. The van der Waals surface area contributed by atoms with E-state index in [4.69, 9.17) is 4.74 Å². The Morgan fingerprint density at radius 1 is 1.50 bits per heavy atom. The Labute approximate surface area is 120 Å². The zero-order chi connectivity index (χ0) is 14.5. The van der Waals surface area contributed by atoms with Crippen molar-refractivity contribution in [1.29, 1.82) is 0 Å². The maximum absolute atomic E-state index is 12.4. The largest absolute Gasteiger partial charge is 0.497 e. The van der Waals surface area contributed by atoms with Crippen LogP contribution in [-0.2, 0) is 4.79 Å². The fourth-order valence-corrected chi connectivity index (χ4v) is 2.55. The number of nitrogens with one attached hydrogen (secondary N) is 2. The van der Waals surface area contributed by atoms with E-state index in [1.807, 2.05) is 31.2 Å². The number of ether oxygens (including phenoxy) is 1. The Hall–Kier alpha value is -1.55. The first-order valence-electron chi connectivity index (χ1n) is 7.27. The van der Waals surface area contributed by atoms with E-state index in [-0.39, 0.29) is 17.9 Å². The highest BCUT2D eigenvalue weighted by molar-refractivity contribution is 5.83. The first-order valence-corrected chi connectivity index (χ1v) is 7.27. The second-order valence-electron chi connectivity index (χ2n) is 5.58. The summed E-state index contributed by atoms with van der Waals surface area (Å²) in [7, 11) is 1.64. The monoisotopic (exact) mass is 276 g/mol. The lowest BCUT2D eigenvalue weighted by molar-refractivity contribution is -0.123. The summed E-state index contributed by atoms with van der Waals surface area (Å²) in [6, 6.07) is 7.93. The van der Waals surface area contributed by atoms with Crippen molar-refractivity contribution in [2.45, 2.75) is 32.2 Å². The van der Waals surface area contributed by atoms with Crippen molar-refractivity contribution >= 4 is 5.91 Å². The molecular weight excluding hydrogens is 252 g/mol. The van der Waals surface area contributed by atoms with E-state index in [0.717, 1.165) is 30.8 Å². The van der Waals surface area contributed by atoms with Crippen molar-refractivity contribution in [3.63, 3.8) is 0 Å². The van der Waals surface area contributed by atoms with Crippen LogP contribution >= 0.6 is 0 Å². The number of piperidine rings is 1. The first kappa shape index (κ1) is 14.9. The third-order valence-electron chi connectivity index (χ3n) is 4.14. The Kier molecular flexibility index (Phi) is 5.01. The third-order valence-corrected chi connectivity index (χ3v) is 4.14. The quantitative estimate of drug-likeness (QED) is 0.883. The predicted molar refractivity (Wildman–Crippen MR) is 80.0 cm³/mol. The van der Waals surface area contributed by atoms with Crippen molar-refractivity contribution in [1.82, 2.24) is 10.6 Å². The van der Waals surface area contributed by atoms with Crippen LogP contribution in [0.1, 0.15) is 31.7 Å². The van der Waals surface area contributed by atoms with Crippen molar-refractivity contribution in [2.24, 2.45) is 5.92 Å². The summed E-state index contributed by atoms with van der Waals surface area (Å²) < 4.78 is 5.21. The van der Waals surface area contributed by atoms with Gasteiger partial charge in [0.25, 0.3) is 0 Å². The Bertz CT molecular complexity index is 462. The molecule has 0 spiro atoms. The number of benzene rings is 1. The molecule has 0 bridgehead atoms. The molecule has 2 rings (SSSR count). The summed E-state index contributed by atoms with van der Waals surface area (Å²) in [5.41, 5.74) is 0.985. The van der Waals surface area contributed by atoms with Gasteiger partial charge in [0, 0.05) is 12.6 Å². The minimum absolute atomic E-state index is 0.0822. The van der Waals surface area contributed by atoms with Crippen molar-refractivity contribution in [3.05, 3.63) is 29.8 Å². The molecule has 1 aliphatic rings. The highest BCUT2D eigenvalue weighted by Gasteiger charge is 2.25. The average Bonchev–Trinajstić information content (AvgIpc) is 2.48. The number of rotatable bonds is 4. The minimum atomic E-state index is -0.167. The summed E-state index contributed by atoms with van der Waals surface area (Å²) in [6.07, 6.45) is 1.11. The maximum Gasteiger partial charge on any atom is 0.227 e. The second kappa shape index (κ2) is 6.75. The molecule has 0 saturated carbocycles. The van der Waals surface area contributed by atoms with Gasteiger partial charge in [-0.2, -0.15) is 0 Å². The van der Waals surface area contributed by atoms with Crippen LogP contribution in [0.25, 0.3) is 0 Å². The lowest BCUT2D eigenvalue weighted by Gasteiger charge is -2.31. The predicted octanol–water partition coefficient (Wildman–Crippen LogP) is 1.91. The van der Waals surface area contributed by atoms with E-state index in [1.165, 1.54) is 0 Å². The highest BCUT2D eigenvalue weighted by Crippen LogP contribution is 2.21. The van der Waals surface area contributed by atoms with Gasteiger partial charge in [0.1, 0.15) is 5.75 Å². The highest BCUT2D eigenvalue weighted by atomic mass is 16.5. The summed E-state index contributed by atoms with van der Waals surface area (Å²) in [6.45, 7) is 6.03. The van der Waals surface area contributed by atoms with E-state index < -0.39 is 0 Å². The van der Waals surface area contributed by atoms with Crippen LogP contribution in [-0.4, -0.2) is 32.1 Å². The summed E-state index contributed by atoms with van der Waals surface area (Å²) >= 11 is 0. The van der Waals surface area contributed by atoms with Gasteiger partial charge < -0.3 is 15.4 Å². The molecule has 20 heavy (non-hydrogen) atoms. The van der Waals surface area contributed by atoms with Crippen LogP contribution in [0.2, 0.25) is 0 Å². The molecule has 3 unspecified atom stereocenters. The van der Waals surface area contributed by atoms with E-state index in [0.29, 0.717) is 5.92 Å². The Morgan fingerprint density at radius 3 is 3.00 bits per heavy atom. The van der Waals surface area contributed by atoms with Crippen LogP contribution in [0.5, 0.6) is 5.75 Å². The molecule has 4 heteroatoms. The molecule has 3 atom stereocenters. The van der Waals surface area contributed by atoms with E-state index >= 15 is 0 Å². The lowest BCUT2D eigenvalue weighted by Crippen LogP contribution is -2.51. The Balaban J connectivity index is 2.00. The standard InChI is InChI=1S/C16H24N2O2/c1-11-7-8-17-10-15(11)18-16(19)12(2)13-5-4-6-14(9-13)20-3/h4-6,9,11-12,15,17H,7-8,10H2,1-3H3,(H,18,19). The molecule has 1 heterocycles. The molecule has 1 aromatic carbocycles. The zero-order valence-electron chi connectivity index (χ0n) is 12.5. The fraction of sp³-hybridized carbons (Fsp3) is 0.562. The summed E-state index contributed by atoms with van der Waals surface area (Å²) in [5, 5.41) is 6.49. The van der Waals surface area contributed by atoms with E-state index in [1.54, 1.807) is 7.11 Å². The van der Waals surface area contributed by atoms with Crippen molar-refractivity contribution in [3.8, 4) is 5.75 Å². The van der Waals surface area contributed by atoms with Gasteiger partial charge in [-0.3, -0.25) is 4.79 Å². The molecule has 2 N–H and O–H groups in total. The van der Waals surface area contributed by atoms with Crippen LogP contribution < -0.4 is 15.4 Å². The molecule has 1 aliphatic heterocycles. The van der Waals surface area contributed by atoms with Gasteiger partial charge in [-0.15, -0.1) is 0 Å². The molecule has 1 fully saturated rings. The van der Waals surface area contributed by atoms with Gasteiger partial charge in [-0.1, -0.05) is 19.1 Å². The summed E-state index contributed by atoms with van der Waals surface area (Å²) in [5.74, 6) is 1.23. The average molecular weight is 276 g/mol. The zero-order valence-corrected chi connectivity index (χ0v) is 12.5. The molecule has 1 saturated heterocycles. The van der Waals surface area contributed by atoms with Gasteiger partial charge >= 0.3 is 0 Å². The van der Waals surface area contributed by atoms with Crippen molar-refractivity contribution < 1.29 is 9.53 Å². The SMILES string of the molecule is COc1cccc(C(C)C(=O)NC2CNCCC2C)c1. The molecule has 0 aliphatic carbocycles.